The van der Waals surface area contributed by atoms with Gasteiger partial charge in [0.1, 0.15) is 18.7 Å². The highest BCUT2D eigenvalue weighted by molar-refractivity contribution is 5.82. The average molecular weight is 536 g/mol. The minimum Gasteiger partial charge on any atom is -0.370 e. The smallest absolute Gasteiger partial charge is 0.370 e. The van der Waals surface area contributed by atoms with Crippen molar-refractivity contribution in [3.05, 3.63) is 89.6 Å². The largest absolute Gasteiger partial charge is 0.416 e. The van der Waals surface area contributed by atoms with Gasteiger partial charge in [-0.25, -0.2) is 0 Å². The number of pyridine rings is 1. The first kappa shape index (κ1) is 26.7. The number of quaternary nitrogens is 1. The molecule has 0 aliphatic carbocycles. The summed E-state index contributed by atoms with van der Waals surface area (Å²) in [6, 6.07) is 11.3. The number of benzene rings is 2. The van der Waals surface area contributed by atoms with Crippen molar-refractivity contribution in [3.63, 3.8) is 0 Å². The predicted octanol–water partition coefficient (Wildman–Crippen LogP) is 7.57. The molecule has 0 unspecified atom stereocenters. The van der Waals surface area contributed by atoms with Gasteiger partial charge in [-0.3, -0.25) is 4.98 Å². The molecule has 5 atom stereocenters. The number of rotatable bonds is 6. The Morgan fingerprint density at radius 2 is 1.74 bits per heavy atom. The summed E-state index contributed by atoms with van der Waals surface area (Å²) in [4.78, 5) is 4.44. The fourth-order valence-corrected chi connectivity index (χ4v) is 6.70. The third-order valence-corrected chi connectivity index (χ3v) is 8.41. The van der Waals surface area contributed by atoms with Crippen LogP contribution in [-0.2, 0) is 23.6 Å². The van der Waals surface area contributed by atoms with Crippen LogP contribution < -0.4 is 0 Å². The molecule has 3 aromatic rings. The van der Waals surface area contributed by atoms with Crippen LogP contribution in [0.4, 0.5) is 26.3 Å². The highest BCUT2D eigenvalue weighted by Gasteiger charge is 2.54. The number of alkyl halides is 6. The maximum atomic E-state index is 13.6. The molecule has 0 spiro atoms. The molecule has 9 heteroatoms. The van der Waals surface area contributed by atoms with E-state index < -0.39 is 29.6 Å². The van der Waals surface area contributed by atoms with Crippen LogP contribution in [0.5, 0.6) is 0 Å². The molecule has 0 N–H and O–H groups in total. The Hall–Kier alpha value is -2.91. The molecule has 3 aliphatic heterocycles. The lowest BCUT2D eigenvalue weighted by atomic mass is 9.71. The van der Waals surface area contributed by atoms with Crippen LogP contribution in [0, 0.1) is 11.8 Å². The summed E-state index contributed by atoms with van der Waals surface area (Å²) >= 11 is 0. The number of piperidine rings is 3. The molecule has 3 nitrogen and oxygen atoms in total. The Morgan fingerprint density at radius 3 is 2.37 bits per heavy atom. The third-order valence-electron chi connectivity index (χ3n) is 8.41. The first-order chi connectivity index (χ1) is 17.9. The Labute approximate surface area is 217 Å². The highest BCUT2D eigenvalue weighted by atomic mass is 19.4. The molecule has 1 aromatic heterocycles. The minimum absolute atomic E-state index is 0.0229. The molecule has 3 saturated heterocycles. The summed E-state index contributed by atoms with van der Waals surface area (Å²) in [6.07, 6.45) is -5.05. The number of fused-ring (bicyclic) bond motifs is 4. The van der Waals surface area contributed by atoms with Crippen LogP contribution >= 0.6 is 0 Å². The molecule has 3 fully saturated rings. The molecule has 0 saturated carbocycles. The maximum Gasteiger partial charge on any atom is 0.416 e. The summed E-state index contributed by atoms with van der Waals surface area (Å²) in [5.74, 6) is 0.454. The Balaban J connectivity index is 1.61. The fraction of sp³-hybridized carbons (Fsp3) is 0.414. The van der Waals surface area contributed by atoms with Crippen molar-refractivity contribution >= 4 is 10.9 Å². The van der Waals surface area contributed by atoms with E-state index in [4.69, 9.17) is 4.74 Å². The van der Waals surface area contributed by atoms with Crippen molar-refractivity contribution in [3.8, 4) is 0 Å². The third kappa shape index (κ3) is 4.82. The summed E-state index contributed by atoms with van der Waals surface area (Å²) in [5.41, 5.74) is -0.829. The molecule has 0 amide bonds. The fourth-order valence-electron chi connectivity index (χ4n) is 6.70. The summed E-state index contributed by atoms with van der Waals surface area (Å²) in [5, 5.41) is 0.918. The second kappa shape index (κ2) is 9.68. The van der Waals surface area contributed by atoms with Crippen molar-refractivity contribution in [1.29, 1.82) is 0 Å². The van der Waals surface area contributed by atoms with Crippen LogP contribution in [0.2, 0.25) is 0 Å². The van der Waals surface area contributed by atoms with Crippen LogP contribution in [-0.4, -0.2) is 35.7 Å². The van der Waals surface area contributed by atoms with Gasteiger partial charge < -0.3 is 9.22 Å². The van der Waals surface area contributed by atoms with Crippen LogP contribution in [0.25, 0.3) is 10.9 Å². The van der Waals surface area contributed by atoms with E-state index in [-0.39, 0.29) is 30.1 Å². The van der Waals surface area contributed by atoms with Crippen LogP contribution in [0.15, 0.2) is 67.4 Å². The van der Waals surface area contributed by atoms with E-state index in [9.17, 15) is 26.3 Å². The van der Waals surface area contributed by atoms with E-state index in [2.05, 4.69) is 11.6 Å². The molecular formula is C29H29F6N2O+. The van der Waals surface area contributed by atoms with E-state index in [1.54, 1.807) is 13.3 Å². The Bertz CT molecular complexity index is 1300. The summed E-state index contributed by atoms with van der Waals surface area (Å²) < 4.78 is 88.2. The lowest BCUT2D eigenvalue weighted by molar-refractivity contribution is -0.985. The zero-order valence-corrected chi connectivity index (χ0v) is 20.9. The molecular weight excluding hydrogens is 506 g/mol. The minimum atomic E-state index is -4.89. The number of aromatic nitrogens is 1. The van der Waals surface area contributed by atoms with Gasteiger partial charge in [0.2, 0.25) is 0 Å². The van der Waals surface area contributed by atoms with E-state index in [0.717, 1.165) is 41.4 Å². The molecule has 4 heterocycles. The van der Waals surface area contributed by atoms with Gasteiger partial charge in [0.15, 0.2) is 0 Å². The van der Waals surface area contributed by atoms with Crippen LogP contribution in [0.3, 0.4) is 0 Å². The molecule has 38 heavy (non-hydrogen) atoms. The topological polar surface area (TPSA) is 22.1 Å². The number of methoxy groups -OCH3 is 1. The van der Waals surface area contributed by atoms with Crippen LogP contribution in [0.1, 0.15) is 41.2 Å². The molecule has 2 aromatic carbocycles. The first-order valence-electron chi connectivity index (χ1n) is 12.6. The van der Waals surface area contributed by atoms with Gasteiger partial charge in [0, 0.05) is 43.0 Å². The lowest BCUT2D eigenvalue weighted by Gasteiger charge is -2.58. The monoisotopic (exact) mass is 535 g/mol. The van der Waals surface area contributed by atoms with Crippen molar-refractivity contribution in [2.75, 3.05) is 20.2 Å². The zero-order chi connectivity index (χ0) is 27.3. The second-order valence-corrected chi connectivity index (χ2v) is 10.5. The van der Waals surface area contributed by atoms with Gasteiger partial charge >= 0.3 is 12.4 Å². The standard InChI is InChI=1S/C29H29F6N2O/c1-3-19-17-37(16-18-12-21(28(30,31)32)15-22(13-18)29(33,34)35)11-9-20(19)14-26(37)27(38-2)24-8-10-36-25-7-5-4-6-23(24)25/h3-8,10,12-13,15,19-20,26-27H,1,9,11,14,16-17H2,2H3/q+1/t19-,20-,26+,27-,37+/m0/s1. The number of ether oxygens (including phenoxy) is 1. The highest BCUT2D eigenvalue weighted by Crippen LogP contribution is 2.49. The number of nitrogens with zero attached hydrogens (tertiary/aromatic N) is 2. The Kier molecular flexibility index (Phi) is 6.80. The maximum absolute atomic E-state index is 13.6. The average Bonchev–Trinajstić information content (AvgIpc) is 2.88. The first-order valence-corrected chi connectivity index (χ1v) is 12.6. The quantitative estimate of drug-likeness (QED) is 0.185. The van der Waals surface area contributed by atoms with Crippen molar-refractivity contribution in [1.82, 2.24) is 4.98 Å². The van der Waals surface area contributed by atoms with E-state index in [0.29, 0.717) is 23.5 Å². The van der Waals surface area contributed by atoms with Crippen molar-refractivity contribution in [2.24, 2.45) is 11.8 Å². The summed E-state index contributed by atoms with van der Waals surface area (Å²) in [7, 11) is 1.61. The summed E-state index contributed by atoms with van der Waals surface area (Å²) in [6.45, 7) is 5.24. The second-order valence-electron chi connectivity index (χ2n) is 10.5. The number of hydrogen-bond acceptors (Lipinski definition) is 2. The van der Waals surface area contributed by atoms with Gasteiger partial charge in [0.25, 0.3) is 0 Å². The molecule has 0 radical (unpaired) electrons. The van der Waals surface area contributed by atoms with Gasteiger partial charge in [-0.2, -0.15) is 26.3 Å². The number of halogens is 6. The van der Waals surface area contributed by atoms with E-state index in [1.165, 1.54) is 0 Å². The normalized spacial score (nSPS) is 26.4. The predicted molar refractivity (Wildman–Crippen MR) is 132 cm³/mol. The van der Waals surface area contributed by atoms with Gasteiger partial charge in [-0.1, -0.05) is 24.3 Å². The van der Waals surface area contributed by atoms with Gasteiger partial charge in [-0.05, 0) is 41.8 Å². The van der Waals surface area contributed by atoms with E-state index in [1.807, 2.05) is 36.4 Å². The molecule has 3 aliphatic rings. The van der Waals surface area contributed by atoms with Gasteiger partial charge in [-0.15, -0.1) is 6.58 Å². The SMILES string of the molecule is C=C[C@H]1C[N@+]2(Cc3cc(C(F)(F)F)cc(C(F)(F)F)c3)CC[C@H]1C[C@@H]2[C@@H](OC)c1ccnc2ccccc12. The van der Waals surface area contributed by atoms with Crippen molar-refractivity contribution in [2.45, 2.75) is 43.9 Å². The Morgan fingerprint density at radius 1 is 1.05 bits per heavy atom. The lowest BCUT2D eigenvalue weighted by Crippen LogP contribution is -2.67. The van der Waals surface area contributed by atoms with Crippen molar-refractivity contribution < 1.29 is 35.6 Å². The number of hydrogen-bond donors (Lipinski definition) is 0. The molecule has 2 bridgehead atoms. The molecule has 6 rings (SSSR count). The zero-order valence-electron chi connectivity index (χ0n) is 20.9. The molecule has 202 valence electrons. The van der Waals surface area contributed by atoms with E-state index >= 15 is 0 Å². The van der Waals surface area contributed by atoms with Gasteiger partial charge in [0.05, 0.1) is 29.7 Å². The number of para-hydroxylation sites is 1.